The number of hydrogen-bond acceptors (Lipinski definition) is 5. The molecule has 0 aliphatic heterocycles. The highest BCUT2D eigenvalue weighted by Gasteiger charge is 2.16. The average Bonchev–Trinajstić information content (AvgIpc) is 2.79. The van der Waals surface area contributed by atoms with Crippen molar-refractivity contribution >= 4 is 44.6 Å². The van der Waals surface area contributed by atoms with Crippen molar-refractivity contribution in [2.24, 2.45) is 0 Å². The Morgan fingerprint density at radius 1 is 0.944 bits per heavy atom. The number of anilines is 2. The number of nitrogens with one attached hydrogen (secondary N) is 3. The van der Waals surface area contributed by atoms with Crippen molar-refractivity contribution in [3.05, 3.63) is 83.4 Å². The second-order valence-corrected chi connectivity index (χ2v) is 11.6. The number of carbonyl (C=O) groups excluding carboxylic acids is 1. The number of benzene rings is 3. The molecule has 3 N–H and O–H groups in total. The lowest BCUT2D eigenvalue weighted by atomic mass is 9.87. The van der Waals surface area contributed by atoms with Crippen molar-refractivity contribution in [3.8, 4) is 5.75 Å². The largest absolute Gasteiger partial charge is 0.484 e. The Labute approximate surface area is 218 Å². The van der Waals surface area contributed by atoms with E-state index in [9.17, 15) is 13.2 Å². The van der Waals surface area contributed by atoms with E-state index < -0.39 is 15.9 Å². The summed E-state index contributed by atoms with van der Waals surface area (Å²) in [5, 5.41) is 5.50. The standard InChI is InChI=1S/C27H31N3O4S2/c1-18-6-15-24(19(2)16-18)30-36(32,33)23-13-9-21(10-14-23)28-26(35)29-25(31)17-34-22-11-7-20(8-12-22)27(3,4)5/h6-16,30H,17H2,1-5H3,(H2,28,29,31,35). The summed E-state index contributed by atoms with van der Waals surface area (Å²) in [5.74, 6) is 0.174. The van der Waals surface area contributed by atoms with Gasteiger partial charge in [0, 0.05) is 5.69 Å². The van der Waals surface area contributed by atoms with E-state index in [2.05, 4.69) is 36.1 Å². The third-order valence-corrected chi connectivity index (χ3v) is 6.98. The summed E-state index contributed by atoms with van der Waals surface area (Å²) in [4.78, 5) is 12.3. The van der Waals surface area contributed by atoms with Gasteiger partial charge >= 0.3 is 0 Å². The second-order valence-electron chi connectivity index (χ2n) is 9.51. The summed E-state index contributed by atoms with van der Waals surface area (Å²) in [7, 11) is -3.75. The zero-order chi connectivity index (χ0) is 26.5. The van der Waals surface area contributed by atoms with Crippen molar-refractivity contribution in [2.75, 3.05) is 16.6 Å². The monoisotopic (exact) mass is 525 g/mol. The Hall–Kier alpha value is -3.43. The van der Waals surface area contributed by atoms with Crippen LogP contribution in [-0.2, 0) is 20.2 Å². The highest BCUT2D eigenvalue weighted by Crippen LogP contribution is 2.24. The number of sulfonamides is 1. The Kier molecular flexibility index (Phi) is 8.37. The van der Waals surface area contributed by atoms with Crippen LogP contribution >= 0.6 is 12.2 Å². The highest BCUT2D eigenvalue weighted by molar-refractivity contribution is 7.92. The maximum Gasteiger partial charge on any atom is 0.264 e. The quantitative estimate of drug-likeness (QED) is 0.363. The van der Waals surface area contributed by atoms with Crippen molar-refractivity contribution in [1.29, 1.82) is 0 Å². The van der Waals surface area contributed by atoms with E-state index in [0.29, 0.717) is 17.1 Å². The molecule has 0 unspecified atom stereocenters. The number of rotatable bonds is 7. The Bertz CT molecular complexity index is 1350. The maximum absolute atomic E-state index is 12.7. The molecular formula is C27H31N3O4S2. The topological polar surface area (TPSA) is 96.5 Å². The minimum Gasteiger partial charge on any atom is -0.484 e. The molecule has 9 heteroatoms. The molecular weight excluding hydrogens is 494 g/mol. The van der Waals surface area contributed by atoms with Gasteiger partial charge in [-0.2, -0.15) is 0 Å². The van der Waals surface area contributed by atoms with Gasteiger partial charge in [0.05, 0.1) is 10.6 Å². The van der Waals surface area contributed by atoms with E-state index in [4.69, 9.17) is 17.0 Å². The zero-order valence-corrected chi connectivity index (χ0v) is 22.6. The molecule has 0 heterocycles. The first-order valence-corrected chi connectivity index (χ1v) is 13.3. The summed E-state index contributed by atoms with van der Waals surface area (Å²) in [6.07, 6.45) is 0. The van der Waals surface area contributed by atoms with Gasteiger partial charge in [0.15, 0.2) is 11.7 Å². The lowest BCUT2D eigenvalue weighted by Crippen LogP contribution is -2.37. The van der Waals surface area contributed by atoms with E-state index in [1.165, 1.54) is 17.7 Å². The Balaban J connectivity index is 1.51. The molecule has 190 valence electrons. The van der Waals surface area contributed by atoms with Gasteiger partial charge in [-0.05, 0) is 85.1 Å². The summed E-state index contributed by atoms with van der Waals surface area (Å²) < 4.78 is 33.6. The normalized spacial score (nSPS) is 11.5. The molecule has 0 aromatic heterocycles. The molecule has 0 saturated heterocycles. The molecule has 0 aliphatic rings. The van der Waals surface area contributed by atoms with Gasteiger partial charge < -0.3 is 10.1 Å². The van der Waals surface area contributed by atoms with Crippen molar-refractivity contribution in [1.82, 2.24) is 5.32 Å². The number of hydrogen-bond donors (Lipinski definition) is 3. The fraction of sp³-hybridized carbons (Fsp3) is 0.259. The van der Waals surface area contributed by atoms with Crippen LogP contribution in [0.5, 0.6) is 5.75 Å². The van der Waals surface area contributed by atoms with Gasteiger partial charge in [-0.15, -0.1) is 0 Å². The number of ether oxygens (including phenoxy) is 1. The van der Waals surface area contributed by atoms with Gasteiger partial charge in [-0.3, -0.25) is 14.8 Å². The minimum absolute atomic E-state index is 0.0345. The molecule has 3 aromatic rings. The molecule has 0 spiro atoms. The first kappa shape index (κ1) is 27.2. The summed E-state index contributed by atoms with van der Waals surface area (Å²) in [6.45, 7) is 9.97. The molecule has 3 aromatic carbocycles. The van der Waals surface area contributed by atoms with Crippen LogP contribution in [-0.4, -0.2) is 26.0 Å². The molecule has 0 saturated carbocycles. The third kappa shape index (κ3) is 7.53. The van der Waals surface area contributed by atoms with Crippen LogP contribution in [0.1, 0.15) is 37.5 Å². The van der Waals surface area contributed by atoms with Crippen molar-refractivity contribution in [3.63, 3.8) is 0 Å². The van der Waals surface area contributed by atoms with Crippen LogP contribution in [0.2, 0.25) is 0 Å². The number of amides is 1. The SMILES string of the molecule is Cc1ccc(NS(=O)(=O)c2ccc(NC(=S)NC(=O)COc3ccc(C(C)(C)C)cc3)cc2)c(C)c1. The van der Waals surface area contributed by atoms with Gasteiger partial charge in [0.25, 0.3) is 15.9 Å². The molecule has 0 bridgehead atoms. The van der Waals surface area contributed by atoms with E-state index in [1.807, 2.05) is 50.2 Å². The van der Waals surface area contributed by atoms with E-state index in [1.54, 1.807) is 18.2 Å². The first-order valence-electron chi connectivity index (χ1n) is 11.4. The third-order valence-electron chi connectivity index (χ3n) is 5.39. The van der Waals surface area contributed by atoms with Crippen LogP contribution in [0.15, 0.2) is 71.6 Å². The summed E-state index contributed by atoms with van der Waals surface area (Å²) >= 11 is 5.19. The highest BCUT2D eigenvalue weighted by atomic mass is 32.2. The zero-order valence-electron chi connectivity index (χ0n) is 21.0. The molecule has 0 radical (unpaired) electrons. The average molecular weight is 526 g/mol. The van der Waals surface area contributed by atoms with Gasteiger partial charge in [-0.25, -0.2) is 8.42 Å². The van der Waals surface area contributed by atoms with Crippen LogP contribution in [0, 0.1) is 13.8 Å². The lowest BCUT2D eigenvalue weighted by Gasteiger charge is -2.19. The Morgan fingerprint density at radius 3 is 2.17 bits per heavy atom. The number of aryl methyl sites for hydroxylation is 2. The fourth-order valence-electron chi connectivity index (χ4n) is 3.37. The van der Waals surface area contributed by atoms with Crippen LogP contribution in [0.25, 0.3) is 0 Å². The molecule has 7 nitrogen and oxygen atoms in total. The first-order chi connectivity index (χ1) is 16.8. The van der Waals surface area contributed by atoms with Crippen LogP contribution in [0.4, 0.5) is 11.4 Å². The van der Waals surface area contributed by atoms with Gasteiger partial charge in [0.2, 0.25) is 0 Å². The maximum atomic E-state index is 12.7. The lowest BCUT2D eigenvalue weighted by molar-refractivity contribution is -0.121. The Morgan fingerprint density at radius 2 is 1.58 bits per heavy atom. The predicted octanol–water partition coefficient (Wildman–Crippen LogP) is 5.29. The molecule has 3 rings (SSSR count). The van der Waals surface area contributed by atoms with Crippen LogP contribution in [0.3, 0.4) is 0 Å². The summed E-state index contributed by atoms with van der Waals surface area (Å²) in [6, 6.07) is 19.2. The van der Waals surface area contributed by atoms with E-state index in [-0.39, 0.29) is 22.0 Å². The smallest absolute Gasteiger partial charge is 0.264 e. The van der Waals surface area contributed by atoms with Gasteiger partial charge in [-0.1, -0.05) is 50.6 Å². The molecule has 36 heavy (non-hydrogen) atoms. The number of thiocarbonyl (C=S) groups is 1. The second kappa shape index (κ2) is 11.1. The molecule has 0 atom stereocenters. The predicted molar refractivity (Wildman–Crippen MR) is 148 cm³/mol. The van der Waals surface area contributed by atoms with Gasteiger partial charge in [0.1, 0.15) is 5.75 Å². The number of carbonyl (C=O) groups is 1. The van der Waals surface area contributed by atoms with Crippen molar-refractivity contribution in [2.45, 2.75) is 44.9 Å². The molecule has 1 amide bonds. The van der Waals surface area contributed by atoms with Crippen LogP contribution < -0.4 is 20.1 Å². The minimum atomic E-state index is -3.75. The van der Waals surface area contributed by atoms with Crippen molar-refractivity contribution < 1.29 is 17.9 Å². The van der Waals surface area contributed by atoms with E-state index in [0.717, 1.165) is 11.1 Å². The fourth-order valence-corrected chi connectivity index (χ4v) is 4.74. The van der Waals surface area contributed by atoms with E-state index >= 15 is 0 Å². The summed E-state index contributed by atoms with van der Waals surface area (Å²) in [5.41, 5.74) is 4.15. The molecule has 0 fully saturated rings. The molecule has 0 aliphatic carbocycles.